The van der Waals surface area contributed by atoms with Crippen molar-refractivity contribution < 1.29 is 14.0 Å². The molecule has 0 spiro atoms. The largest absolute Gasteiger partial charge is 0.475 e. The molecule has 1 N–H and O–H groups in total. The number of guanidine groups is 1. The van der Waals surface area contributed by atoms with E-state index in [1.165, 1.54) is 0 Å². The maximum atomic E-state index is 5.50. The van der Waals surface area contributed by atoms with Gasteiger partial charge in [0.25, 0.3) is 0 Å². The second-order valence-corrected chi connectivity index (χ2v) is 6.77. The van der Waals surface area contributed by atoms with Crippen LogP contribution >= 0.6 is 0 Å². The highest BCUT2D eigenvalue weighted by molar-refractivity contribution is 5.80. The molecule has 0 amide bonds. The van der Waals surface area contributed by atoms with Crippen LogP contribution in [-0.4, -0.2) is 78.9 Å². The van der Waals surface area contributed by atoms with Crippen molar-refractivity contribution in [3.8, 4) is 5.88 Å². The molecule has 0 radical (unpaired) electrons. The molecule has 1 aliphatic heterocycles. The number of piperazine rings is 1. The summed E-state index contributed by atoms with van der Waals surface area (Å²) < 4.78 is 15.4. The van der Waals surface area contributed by atoms with Crippen molar-refractivity contribution in [3.05, 3.63) is 41.9 Å². The molecule has 29 heavy (non-hydrogen) atoms. The Kier molecular flexibility index (Phi) is 8.26. The van der Waals surface area contributed by atoms with E-state index in [4.69, 9.17) is 19.0 Å². The Morgan fingerprint density at radius 2 is 2.07 bits per heavy atom. The minimum absolute atomic E-state index is 0.494. The third kappa shape index (κ3) is 6.72. The molecule has 3 heterocycles. The van der Waals surface area contributed by atoms with Gasteiger partial charge in [0.05, 0.1) is 18.8 Å². The van der Waals surface area contributed by atoms with E-state index in [9.17, 15) is 0 Å². The van der Waals surface area contributed by atoms with Crippen LogP contribution in [-0.2, 0) is 17.8 Å². The summed E-state index contributed by atoms with van der Waals surface area (Å²) in [6, 6.07) is 5.79. The van der Waals surface area contributed by atoms with Crippen molar-refractivity contribution in [2.75, 3.05) is 53.0 Å². The SMILES string of the molecule is CCNC(=NCc1ccc(OCCOC)nc1)N1CCN(Cc2ccon2)CC1. The van der Waals surface area contributed by atoms with Gasteiger partial charge in [-0.3, -0.25) is 4.90 Å². The predicted molar refractivity (Wildman–Crippen MR) is 110 cm³/mol. The predicted octanol–water partition coefficient (Wildman–Crippen LogP) is 1.38. The highest BCUT2D eigenvalue weighted by Crippen LogP contribution is 2.10. The molecule has 3 rings (SSSR count). The summed E-state index contributed by atoms with van der Waals surface area (Å²) in [6.45, 7) is 9.14. The fraction of sp³-hybridized carbons (Fsp3) is 0.550. The summed E-state index contributed by atoms with van der Waals surface area (Å²) in [7, 11) is 1.65. The Balaban J connectivity index is 1.50. The van der Waals surface area contributed by atoms with Crippen LogP contribution in [0.1, 0.15) is 18.2 Å². The van der Waals surface area contributed by atoms with Crippen molar-refractivity contribution >= 4 is 5.96 Å². The van der Waals surface area contributed by atoms with Gasteiger partial charge in [0.2, 0.25) is 5.88 Å². The number of hydrogen-bond donors (Lipinski definition) is 1. The second kappa shape index (κ2) is 11.4. The van der Waals surface area contributed by atoms with Gasteiger partial charge in [-0.2, -0.15) is 0 Å². The summed E-state index contributed by atoms with van der Waals surface area (Å²) in [6.07, 6.45) is 3.43. The summed E-state index contributed by atoms with van der Waals surface area (Å²) in [5.74, 6) is 1.54. The first-order chi connectivity index (χ1) is 14.3. The van der Waals surface area contributed by atoms with E-state index in [1.807, 2.05) is 24.4 Å². The molecule has 2 aromatic heterocycles. The Morgan fingerprint density at radius 1 is 1.21 bits per heavy atom. The van der Waals surface area contributed by atoms with Gasteiger partial charge < -0.3 is 24.2 Å². The van der Waals surface area contributed by atoms with Gasteiger partial charge in [-0.05, 0) is 12.5 Å². The maximum Gasteiger partial charge on any atom is 0.213 e. The molecule has 1 saturated heterocycles. The third-order valence-electron chi connectivity index (χ3n) is 4.63. The zero-order chi connectivity index (χ0) is 20.3. The van der Waals surface area contributed by atoms with E-state index in [0.717, 1.165) is 56.5 Å². The number of ether oxygens (including phenoxy) is 2. The summed E-state index contributed by atoms with van der Waals surface area (Å²) in [5, 5.41) is 7.40. The van der Waals surface area contributed by atoms with E-state index in [1.54, 1.807) is 13.4 Å². The van der Waals surface area contributed by atoms with E-state index in [-0.39, 0.29) is 0 Å². The quantitative estimate of drug-likeness (QED) is 0.382. The van der Waals surface area contributed by atoms with Crippen LogP contribution in [0.25, 0.3) is 0 Å². The van der Waals surface area contributed by atoms with Gasteiger partial charge in [0.1, 0.15) is 12.9 Å². The summed E-state index contributed by atoms with van der Waals surface area (Å²) in [4.78, 5) is 13.8. The molecule has 1 fully saturated rings. The average Bonchev–Trinajstić information content (AvgIpc) is 3.26. The standard InChI is InChI=1S/C20H30N6O3/c1-3-21-20(23-15-17-4-5-19(22-14-17)28-13-12-27-2)26-9-7-25(8-10-26)16-18-6-11-29-24-18/h4-6,11,14H,3,7-10,12-13,15-16H2,1-2H3,(H,21,23). The average molecular weight is 402 g/mol. The number of methoxy groups -OCH3 is 1. The zero-order valence-corrected chi connectivity index (χ0v) is 17.2. The molecule has 0 saturated carbocycles. The van der Waals surface area contributed by atoms with Crippen LogP contribution in [0.3, 0.4) is 0 Å². The molecular weight excluding hydrogens is 372 g/mol. The van der Waals surface area contributed by atoms with E-state index >= 15 is 0 Å². The first kappa shape index (κ1) is 21.1. The van der Waals surface area contributed by atoms with Crippen LogP contribution in [0.2, 0.25) is 0 Å². The fourth-order valence-electron chi connectivity index (χ4n) is 3.08. The van der Waals surface area contributed by atoms with Gasteiger partial charge in [0, 0.05) is 64.7 Å². The Hall–Kier alpha value is -2.65. The monoisotopic (exact) mass is 402 g/mol. The van der Waals surface area contributed by atoms with Crippen molar-refractivity contribution in [2.24, 2.45) is 4.99 Å². The minimum atomic E-state index is 0.494. The second-order valence-electron chi connectivity index (χ2n) is 6.77. The van der Waals surface area contributed by atoms with Gasteiger partial charge in [-0.1, -0.05) is 11.2 Å². The normalized spacial score (nSPS) is 15.5. The lowest BCUT2D eigenvalue weighted by atomic mass is 10.3. The summed E-state index contributed by atoms with van der Waals surface area (Å²) >= 11 is 0. The molecule has 0 unspecified atom stereocenters. The topological polar surface area (TPSA) is 88.3 Å². The number of nitrogens with one attached hydrogen (secondary N) is 1. The van der Waals surface area contributed by atoms with Crippen LogP contribution in [0.4, 0.5) is 0 Å². The molecular formula is C20H30N6O3. The van der Waals surface area contributed by atoms with Gasteiger partial charge >= 0.3 is 0 Å². The van der Waals surface area contributed by atoms with E-state index < -0.39 is 0 Å². The number of aromatic nitrogens is 2. The number of nitrogens with zero attached hydrogens (tertiary/aromatic N) is 5. The molecule has 0 aromatic carbocycles. The van der Waals surface area contributed by atoms with Gasteiger partial charge in [-0.25, -0.2) is 9.98 Å². The Labute approximate surface area is 171 Å². The lowest BCUT2D eigenvalue weighted by Crippen LogP contribution is -2.52. The van der Waals surface area contributed by atoms with Crippen molar-refractivity contribution in [1.82, 2.24) is 25.3 Å². The van der Waals surface area contributed by atoms with Crippen molar-refractivity contribution in [3.63, 3.8) is 0 Å². The van der Waals surface area contributed by atoms with Crippen LogP contribution < -0.4 is 10.1 Å². The van der Waals surface area contributed by atoms with Gasteiger partial charge in [-0.15, -0.1) is 0 Å². The number of hydrogen-bond acceptors (Lipinski definition) is 7. The molecule has 2 aromatic rings. The highest BCUT2D eigenvalue weighted by Gasteiger charge is 2.20. The van der Waals surface area contributed by atoms with Crippen LogP contribution in [0.15, 0.2) is 40.2 Å². The fourth-order valence-corrected chi connectivity index (χ4v) is 3.08. The van der Waals surface area contributed by atoms with E-state index in [2.05, 4.69) is 32.2 Å². The highest BCUT2D eigenvalue weighted by atomic mass is 16.5. The zero-order valence-electron chi connectivity index (χ0n) is 17.2. The molecule has 0 atom stereocenters. The first-order valence-corrected chi connectivity index (χ1v) is 10.00. The molecule has 1 aliphatic rings. The lowest BCUT2D eigenvalue weighted by Gasteiger charge is -2.36. The third-order valence-corrected chi connectivity index (χ3v) is 4.63. The molecule has 0 aliphatic carbocycles. The Morgan fingerprint density at radius 3 is 2.72 bits per heavy atom. The lowest BCUT2D eigenvalue weighted by molar-refractivity contribution is 0.143. The summed E-state index contributed by atoms with van der Waals surface area (Å²) in [5.41, 5.74) is 2.02. The number of pyridine rings is 1. The maximum absolute atomic E-state index is 5.50. The van der Waals surface area contributed by atoms with E-state index in [0.29, 0.717) is 25.6 Å². The Bertz CT molecular complexity index is 727. The molecule has 0 bridgehead atoms. The smallest absolute Gasteiger partial charge is 0.213 e. The molecule has 9 heteroatoms. The minimum Gasteiger partial charge on any atom is -0.475 e. The number of aliphatic imine (C=N–C) groups is 1. The van der Waals surface area contributed by atoms with Gasteiger partial charge in [0.15, 0.2) is 5.96 Å². The van der Waals surface area contributed by atoms with Crippen LogP contribution in [0.5, 0.6) is 5.88 Å². The molecule has 158 valence electrons. The van der Waals surface area contributed by atoms with Crippen LogP contribution in [0, 0.1) is 0 Å². The first-order valence-electron chi connectivity index (χ1n) is 10.00. The number of rotatable bonds is 9. The van der Waals surface area contributed by atoms with Crippen molar-refractivity contribution in [1.29, 1.82) is 0 Å². The molecule has 9 nitrogen and oxygen atoms in total. The van der Waals surface area contributed by atoms with Crippen molar-refractivity contribution in [2.45, 2.75) is 20.0 Å².